The van der Waals surface area contributed by atoms with E-state index in [1.54, 1.807) is 6.92 Å². The number of nitrogens with one attached hydrogen (secondary N) is 1. The van der Waals surface area contributed by atoms with Crippen molar-refractivity contribution in [2.24, 2.45) is 0 Å². The lowest BCUT2D eigenvalue weighted by Gasteiger charge is -2.22. The van der Waals surface area contributed by atoms with Gasteiger partial charge in [-0.15, -0.1) is 0 Å². The van der Waals surface area contributed by atoms with Crippen LogP contribution in [0.1, 0.15) is 31.1 Å². The largest absolute Gasteiger partial charge is 0.416 e. The van der Waals surface area contributed by atoms with Gasteiger partial charge >= 0.3 is 6.18 Å². The molecule has 154 valence electrons. The molecule has 1 amide bonds. The smallest absolute Gasteiger partial charge is 0.360 e. The van der Waals surface area contributed by atoms with Crippen LogP contribution >= 0.6 is 0 Å². The summed E-state index contributed by atoms with van der Waals surface area (Å²) in [5.74, 6) is -0.107. The van der Waals surface area contributed by atoms with Gasteiger partial charge in [-0.3, -0.25) is 4.79 Å². The minimum Gasteiger partial charge on any atom is -0.360 e. The van der Waals surface area contributed by atoms with E-state index in [0.717, 1.165) is 22.5 Å². The molecule has 0 unspecified atom stereocenters. The molecule has 0 fully saturated rings. The third kappa shape index (κ3) is 5.55. The first-order chi connectivity index (χ1) is 13.0. The summed E-state index contributed by atoms with van der Waals surface area (Å²) in [7, 11) is -4.31. The summed E-state index contributed by atoms with van der Waals surface area (Å²) in [6, 6.07) is 4.89. The fourth-order valence-electron chi connectivity index (χ4n) is 2.37. The Hall–Kier alpha value is -2.40. The predicted octanol–water partition coefficient (Wildman–Crippen LogP) is 3.43. The van der Waals surface area contributed by atoms with E-state index in [9.17, 15) is 26.4 Å². The molecular formula is C17H20F3N3O4S. The van der Waals surface area contributed by atoms with Gasteiger partial charge < -0.3 is 9.84 Å². The topological polar surface area (TPSA) is 92.5 Å². The number of nitrogens with zero attached hydrogens (tertiary/aromatic N) is 2. The lowest BCUT2D eigenvalue weighted by molar-refractivity contribution is -0.137. The molecule has 11 heteroatoms. The van der Waals surface area contributed by atoms with Crippen molar-refractivity contribution < 1.29 is 30.9 Å². The number of halogens is 3. The monoisotopic (exact) mass is 419 g/mol. The molecule has 1 aromatic heterocycles. The number of carbonyl (C=O) groups is 1. The van der Waals surface area contributed by atoms with Crippen LogP contribution in [0.2, 0.25) is 0 Å². The molecule has 0 saturated carbocycles. The second kappa shape index (κ2) is 8.74. The Morgan fingerprint density at radius 3 is 2.57 bits per heavy atom. The number of benzene rings is 1. The standard InChI is InChI=1S/C17H20F3N3O4S/c1-3-4-8-23(11-16(24)21-15-9-12(2)27-22-15)28(25,26)14-7-5-6-13(10-14)17(18,19)20/h5-7,9-10H,3-4,8,11H2,1-2H3,(H,21,22,24). The van der Waals surface area contributed by atoms with E-state index in [2.05, 4.69) is 10.5 Å². The maximum absolute atomic E-state index is 12.9. The fraction of sp³-hybridized carbons (Fsp3) is 0.412. The van der Waals surface area contributed by atoms with Crippen molar-refractivity contribution in [2.45, 2.75) is 37.8 Å². The number of unbranched alkanes of at least 4 members (excludes halogenated alkanes) is 1. The van der Waals surface area contributed by atoms with E-state index in [1.165, 1.54) is 6.07 Å². The van der Waals surface area contributed by atoms with Gasteiger partial charge in [-0.2, -0.15) is 17.5 Å². The minimum absolute atomic E-state index is 0.0135. The summed E-state index contributed by atoms with van der Waals surface area (Å²) in [4.78, 5) is 11.7. The van der Waals surface area contributed by atoms with Crippen LogP contribution < -0.4 is 5.32 Å². The van der Waals surface area contributed by atoms with Gasteiger partial charge in [-0.1, -0.05) is 24.6 Å². The normalized spacial score (nSPS) is 12.4. The van der Waals surface area contributed by atoms with Crippen molar-refractivity contribution in [3.05, 3.63) is 41.7 Å². The van der Waals surface area contributed by atoms with Crippen LogP contribution in [0.5, 0.6) is 0 Å². The molecule has 0 bridgehead atoms. The second-order valence-electron chi connectivity index (χ2n) is 6.09. The first kappa shape index (κ1) is 21.9. The highest BCUT2D eigenvalue weighted by Gasteiger charge is 2.33. The number of rotatable bonds is 8. The second-order valence-corrected chi connectivity index (χ2v) is 8.03. The lowest BCUT2D eigenvalue weighted by atomic mass is 10.2. The Bertz CT molecular complexity index is 926. The SMILES string of the molecule is CCCCN(CC(=O)Nc1cc(C)on1)S(=O)(=O)c1cccc(C(F)(F)F)c1. The van der Waals surface area contributed by atoms with E-state index in [4.69, 9.17) is 4.52 Å². The van der Waals surface area contributed by atoms with Crippen LogP contribution in [-0.2, 0) is 21.0 Å². The van der Waals surface area contributed by atoms with Crippen LogP contribution in [0.4, 0.5) is 19.0 Å². The minimum atomic E-state index is -4.68. The van der Waals surface area contributed by atoms with E-state index < -0.39 is 39.1 Å². The molecule has 0 aliphatic heterocycles. The van der Waals surface area contributed by atoms with Gasteiger partial charge in [0.05, 0.1) is 17.0 Å². The highest BCUT2D eigenvalue weighted by atomic mass is 32.2. The molecule has 0 saturated heterocycles. The summed E-state index contributed by atoms with van der Waals surface area (Å²) in [5, 5.41) is 5.98. The lowest BCUT2D eigenvalue weighted by Crippen LogP contribution is -2.38. The maximum Gasteiger partial charge on any atom is 0.416 e. The van der Waals surface area contributed by atoms with E-state index in [0.29, 0.717) is 24.7 Å². The molecule has 0 atom stereocenters. The molecule has 1 N–H and O–H groups in total. The first-order valence-electron chi connectivity index (χ1n) is 8.44. The Morgan fingerprint density at radius 1 is 1.29 bits per heavy atom. The van der Waals surface area contributed by atoms with Gasteiger partial charge in [0.15, 0.2) is 5.82 Å². The zero-order chi connectivity index (χ0) is 20.9. The Morgan fingerprint density at radius 2 is 2.00 bits per heavy atom. The number of carbonyl (C=O) groups excluding carboxylic acids is 1. The summed E-state index contributed by atoms with van der Waals surface area (Å²) in [5.41, 5.74) is -1.08. The third-order valence-electron chi connectivity index (χ3n) is 3.78. The molecular weight excluding hydrogens is 399 g/mol. The number of sulfonamides is 1. The summed E-state index contributed by atoms with van der Waals surface area (Å²) in [6.45, 7) is 2.87. The third-order valence-corrected chi connectivity index (χ3v) is 5.62. The van der Waals surface area contributed by atoms with Crippen molar-refractivity contribution in [2.75, 3.05) is 18.4 Å². The Kier molecular flexibility index (Phi) is 6.83. The zero-order valence-corrected chi connectivity index (χ0v) is 16.1. The highest BCUT2D eigenvalue weighted by molar-refractivity contribution is 7.89. The van der Waals surface area contributed by atoms with E-state index in [1.807, 2.05) is 6.92 Å². The molecule has 0 spiro atoms. The molecule has 0 aliphatic carbocycles. The number of aryl methyl sites for hydroxylation is 1. The van der Waals surface area contributed by atoms with Crippen molar-refractivity contribution in [3.63, 3.8) is 0 Å². The molecule has 1 heterocycles. The molecule has 1 aromatic carbocycles. The van der Waals surface area contributed by atoms with Crippen molar-refractivity contribution >= 4 is 21.7 Å². The summed E-state index contributed by atoms with van der Waals surface area (Å²) >= 11 is 0. The molecule has 0 radical (unpaired) electrons. The molecule has 2 rings (SSSR count). The maximum atomic E-state index is 12.9. The van der Waals surface area contributed by atoms with Crippen LogP contribution in [0.15, 0.2) is 39.8 Å². The molecule has 28 heavy (non-hydrogen) atoms. The number of hydrogen-bond acceptors (Lipinski definition) is 5. The summed E-state index contributed by atoms with van der Waals surface area (Å²) < 4.78 is 70.2. The van der Waals surface area contributed by atoms with Gasteiger partial charge in [0, 0.05) is 12.6 Å². The van der Waals surface area contributed by atoms with Gasteiger partial charge in [0.2, 0.25) is 15.9 Å². The van der Waals surface area contributed by atoms with Crippen molar-refractivity contribution in [3.8, 4) is 0 Å². The average molecular weight is 419 g/mol. The van der Waals surface area contributed by atoms with Gasteiger partial charge in [-0.05, 0) is 31.5 Å². The van der Waals surface area contributed by atoms with Crippen LogP contribution in [0.3, 0.4) is 0 Å². The quantitative estimate of drug-likeness (QED) is 0.708. The van der Waals surface area contributed by atoms with Crippen LogP contribution in [0.25, 0.3) is 0 Å². The average Bonchev–Trinajstić information content (AvgIpc) is 3.02. The number of amides is 1. The van der Waals surface area contributed by atoms with Crippen LogP contribution in [-0.4, -0.2) is 36.9 Å². The van der Waals surface area contributed by atoms with Gasteiger partial charge in [0.1, 0.15) is 5.76 Å². The van der Waals surface area contributed by atoms with E-state index >= 15 is 0 Å². The predicted molar refractivity (Wildman–Crippen MR) is 95.0 cm³/mol. The Balaban J connectivity index is 2.26. The van der Waals surface area contributed by atoms with E-state index in [-0.39, 0.29) is 12.4 Å². The number of hydrogen-bond donors (Lipinski definition) is 1. The molecule has 0 aliphatic rings. The first-order valence-corrected chi connectivity index (χ1v) is 9.88. The van der Waals surface area contributed by atoms with Gasteiger partial charge in [-0.25, -0.2) is 8.42 Å². The number of aromatic nitrogens is 1. The van der Waals surface area contributed by atoms with Gasteiger partial charge in [0.25, 0.3) is 0 Å². The number of anilines is 1. The Labute approximate surface area is 160 Å². The highest BCUT2D eigenvalue weighted by Crippen LogP contribution is 2.31. The van der Waals surface area contributed by atoms with Crippen molar-refractivity contribution in [1.82, 2.24) is 9.46 Å². The molecule has 7 nitrogen and oxygen atoms in total. The number of alkyl halides is 3. The van der Waals surface area contributed by atoms with Crippen molar-refractivity contribution in [1.29, 1.82) is 0 Å². The zero-order valence-electron chi connectivity index (χ0n) is 15.3. The molecule has 2 aromatic rings. The summed E-state index contributed by atoms with van der Waals surface area (Å²) in [6.07, 6.45) is -3.60. The fourth-order valence-corrected chi connectivity index (χ4v) is 3.85. The van der Waals surface area contributed by atoms with Crippen LogP contribution in [0, 0.1) is 6.92 Å².